The molecular formula is C24H40N4O3. The van der Waals surface area contributed by atoms with Gasteiger partial charge < -0.3 is 25.7 Å². The second kappa shape index (κ2) is 7.93. The maximum Gasteiger partial charge on any atom is 0.287 e. The van der Waals surface area contributed by atoms with Gasteiger partial charge in [0, 0.05) is 34.2 Å². The first-order valence-electron chi connectivity index (χ1n) is 11.4. The highest BCUT2D eigenvalue weighted by Gasteiger charge is 2.39. The summed E-state index contributed by atoms with van der Waals surface area (Å²) in [7, 11) is 0. The molecule has 7 heteroatoms. The molecule has 3 rings (SSSR count). The maximum atomic E-state index is 12.8. The zero-order chi connectivity index (χ0) is 23.2. The zero-order valence-electron chi connectivity index (χ0n) is 20.4. The molecule has 0 unspecified atom stereocenters. The van der Waals surface area contributed by atoms with E-state index in [2.05, 4.69) is 76.7 Å². The summed E-state index contributed by atoms with van der Waals surface area (Å²) >= 11 is 0. The molecule has 2 amide bonds. The Morgan fingerprint density at radius 2 is 1.00 bits per heavy atom. The summed E-state index contributed by atoms with van der Waals surface area (Å²) in [5.74, 6) is -0.209. The third kappa shape index (κ3) is 6.32. The van der Waals surface area contributed by atoms with Crippen molar-refractivity contribution in [2.45, 2.75) is 115 Å². The van der Waals surface area contributed by atoms with E-state index in [4.69, 9.17) is 4.42 Å². The molecule has 174 valence electrons. The van der Waals surface area contributed by atoms with Crippen molar-refractivity contribution in [2.24, 2.45) is 0 Å². The SMILES string of the molecule is CC1(C)CC(NC(=O)c2ccc(C(=O)NC3CC(C)(C)NC(C)(C)C3)o2)CC(C)(C)N1. The quantitative estimate of drug-likeness (QED) is 0.585. The Balaban J connectivity index is 1.62. The molecule has 0 saturated carbocycles. The minimum Gasteiger partial charge on any atom is -0.446 e. The molecule has 2 fully saturated rings. The predicted molar refractivity (Wildman–Crippen MR) is 122 cm³/mol. The van der Waals surface area contributed by atoms with Crippen molar-refractivity contribution in [3.05, 3.63) is 23.7 Å². The number of carbonyl (C=O) groups is 2. The molecule has 1 aromatic heterocycles. The average Bonchev–Trinajstić information content (AvgIpc) is 2.98. The first-order valence-corrected chi connectivity index (χ1v) is 11.4. The van der Waals surface area contributed by atoms with Crippen molar-refractivity contribution >= 4 is 11.8 Å². The van der Waals surface area contributed by atoms with E-state index in [1.54, 1.807) is 12.1 Å². The van der Waals surface area contributed by atoms with Gasteiger partial charge in [-0.25, -0.2) is 0 Å². The Kier molecular flexibility index (Phi) is 6.08. The Hall–Kier alpha value is -1.86. The number of amides is 2. The molecule has 0 spiro atoms. The molecule has 2 saturated heterocycles. The molecule has 0 bridgehead atoms. The van der Waals surface area contributed by atoms with Gasteiger partial charge in [0.25, 0.3) is 11.8 Å². The second-order valence-electron chi connectivity index (χ2n) is 12.1. The van der Waals surface area contributed by atoms with Crippen LogP contribution in [0, 0.1) is 0 Å². The van der Waals surface area contributed by atoms with Crippen molar-refractivity contribution in [1.29, 1.82) is 0 Å². The third-order valence-electron chi connectivity index (χ3n) is 6.10. The molecule has 0 atom stereocenters. The van der Waals surface area contributed by atoms with Crippen molar-refractivity contribution in [3.63, 3.8) is 0 Å². The van der Waals surface area contributed by atoms with Gasteiger partial charge in [-0.3, -0.25) is 9.59 Å². The van der Waals surface area contributed by atoms with Crippen LogP contribution in [0.15, 0.2) is 16.5 Å². The lowest BCUT2D eigenvalue weighted by atomic mass is 9.79. The zero-order valence-corrected chi connectivity index (χ0v) is 20.4. The summed E-state index contributed by atoms with van der Waals surface area (Å²) < 4.78 is 5.64. The number of carbonyl (C=O) groups excluding carboxylic acids is 2. The van der Waals surface area contributed by atoms with Crippen LogP contribution in [0.25, 0.3) is 0 Å². The van der Waals surface area contributed by atoms with Crippen molar-refractivity contribution in [1.82, 2.24) is 21.3 Å². The summed E-state index contributed by atoms with van der Waals surface area (Å²) in [4.78, 5) is 25.5. The first-order chi connectivity index (χ1) is 14.0. The fourth-order valence-electron chi connectivity index (χ4n) is 5.94. The van der Waals surface area contributed by atoms with E-state index >= 15 is 0 Å². The van der Waals surface area contributed by atoms with E-state index in [1.807, 2.05) is 0 Å². The van der Waals surface area contributed by atoms with E-state index in [1.165, 1.54) is 0 Å². The minimum atomic E-state index is -0.276. The topological polar surface area (TPSA) is 95.4 Å². The Morgan fingerprint density at radius 1 is 0.710 bits per heavy atom. The highest BCUT2D eigenvalue weighted by molar-refractivity contribution is 5.95. The van der Waals surface area contributed by atoms with E-state index in [0.29, 0.717) is 0 Å². The largest absolute Gasteiger partial charge is 0.446 e. The Bertz CT molecular complexity index is 739. The van der Waals surface area contributed by atoms with Gasteiger partial charge in [-0.2, -0.15) is 0 Å². The van der Waals surface area contributed by atoms with Gasteiger partial charge in [0.1, 0.15) is 0 Å². The van der Waals surface area contributed by atoms with Crippen molar-refractivity contribution in [2.75, 3.05) is 0 Å². The van der Waals surface area contributed by atoms with E-state index < -0.39 is 0 Å². The Labute approximate surface area is 186 Å². The molecule has 4 N–H and O–H groups in total. The fraction of sp³-hybridized carbons (Fsp3) is 0.750. The van der Waals surface area contributed by atoms with Crippen LogP contribution in [0.1, 0.15) is 102 Å². The molecule has 1 aromatic rings. The molecule has 0 radical (unpaired) electrons. The number of furan rings is 1. The van der Waals surface area contributed by atoms with Crippen LogP contribution in [0.4, 0.5) is 0 Å². The monoisotopic (exact) mass is 432 g/mol. The lowest BCUT2D eigenvalue weighted by Gasteiger charge is -2.46. The van der Waals surface area contributed by atoms with E-state index in [-0.39, 0.29) is 57.6 Å². The van der Waals surface area contributed by atoms with Crippen LogP contribution in [0.3, 0.4) is 0 Å². The summed E-state index contributed by atoms with van der Waals surface area (Å²) in [6, 6.07) is 3.25. The number of hydrogen-bond donors (Lipinski definition) is 4. The second-order valence-corrected chi connectivity index (χ2v) is 12.1. The van der Waals surface area contributed by atoms with Crippen LogP contribution in [0.2, 0.25) is 0 Å². The number of hydrogen-bond acceptors (Lipinski definition) is 5. The maximum absolute atomic E-state index is 12.8. The van der Waals surface area contributed by atoms with Gasteiger partial charge in [0.15, 0.2) is 11.5 Å². The summed E-state index contributed by atoms with van der Waals surface area (Å²) in [5, 5.41) is 13.4. The van der Waals surface area contributed by atoms with E-state index in [0.717, 1.165) is 25.7 Å². The van der Waals surface area contributed by atoms with Gasteiger partial charge in [-0.1, -0.05) is 0 Å². The summed E-state index contributed by atoms with van der Waals surface area (Å²) in [5.41, 5.74) is -0.261. The van der Waals surface area contributed by atoms with Gasteiger partial charge in [-0.15, -0.1) is 0 Å². The summed E-state index contributed by atoms with van der Waals surface area (Å²) in [6.45, 7) is 17.2. The number of rotatable bonds is 4. The lowest BCUT2D eigenvalue weighted by Crippen LogP contribution is -2.62. The summed E-state index contributed by atoms with van der Waals surface area (Å²) in [6.07, 6.45) is 3.32. The van der Waals surface area contributed by atoms with Crippen molar-refractivity contribution in [3.8, 4) is 0 Å². The van der Waals surface area contributed by atoms with E-state index in [9.17, 15) is 9.59 Å². The standard InChI is InChI=1S/C24H40N4O3/c1-21(2)11-15(12-22(3,4)27-21)25-19(29)17-9-10-18(31-17)20(30)26-16-13-23(5,6)28-24(7,8)14-16/h9-10,15-16,27-28H,11-14H2,1-8H3,(H,25,29)(H,26,30). The lowest BCUT2D eigenvalue weighted by molar-refractivity contribution is 0.0825. The minimum absolute atomic E-state index is 0.0420. The van der Waals surface area contributed by atoms with Crippen LogP contribution in [-0.4, -0.2) is 46.1 Å². The molecular weight excluding hydrogens is 392 g/mol. The van der Waals surface area contributed by atoms with Crippen LogP contribution in [0.5, 0.6) is 0 Å². The average molecular weight is 433 g/mol. The van der Waals surface area contributed by atoms with Gasteiger partial charge >= 0.3 is 0 Å². The first kappa shape index (κ1) is 23.8. The molecule has 0 aromatic carbocycles. The fourth-order valence-corrected chi connectivity index (χ4v) is 5.94. The number of piperidine rings is 2. The Morgan fingerprint density at radius 3 is 1.29 bits per heavy atom. The molecule has 2 aliphatic rings. The number of nitrogens with one attached hydrogen (secondary N) is 4. The molecule has 31 heavy (non-hydrogen) atoms. The smallest absolute Gasteiger partial charge is 0.287 e. The van der Waals surface area contributed by atoms with Crippen LogP contribution < -0.4 is 21.3 Å². The highest BCUT2D eigenvalue weighted by atomic mass is 16.4. The molecule has 0 aliphatic carbocycles. The molecule has 3 heterocycles. The van der Waals surface area contributed by atoms with Crippen LogP contribution in [-0.2, 0) is 0 Å². The van der Waals surface area contributed by atoms with Crippen LogP contribution >= 0.6 is 0 Å². The van der Waals surface area contributed by atoms with Crippen molar-refractivity contribution < 1.29 is 14.0 Å². The molecule has 7 nitrogen and oxygen atoms in total. The van der Waals surface area contributed by atoms with Gasteiger partial charge in [0.05, 0.1) is 0 Å². The predicted octanol–water partition coefficient (Wildman–Crippen LogP) is 3.36. The highest BCUT2D eigenvalue weighted by Crippen LogP contribution is 2.30. The normalized spacial score (nSPS) is 25.0. The third-order valence-corrected chi connectivity index (χ3v) is 6.10. The molecule has 2 aliphatic heterocycles. The van der Waals surface area contributed by atoms with Gasteiger partial charge in [-0.05, 0) is 93.2 Å². The van der Waals surface area contributed by atoms with Gasteiger partial charge in [0.2, 0.25) is 0 Å².